The highest BCUT2D eigenvalue weighted by Gasteiger charge is 2.37. The summed E-state index contributed by atoms with van der Waals surface area (Å²) in [7, 11) is 1.62. The number of anilines is 1. The normalized spacial score (nSPS) is 14.1. The minimum atomic E-state index is -0.328. The third kappa shape index (κ3) is 3.78. The van der Waals surface area contributed by atoms with Crippen LogP contribution in [0.1, 0.15) is 22.6 Å². The van der Waals surface area contributed by atoms with Gasteiger partial charge in [0.15, 0.2) is 0 Å². The molecule has 0 spiro atoms. The molecule has 3 amide bonds. The molecule has 3 aromatic rings. The predicted molar refractivity (Wildman–Crippen MR) is 108 cm³/mol. The van der Waals surface area contributed by atoms with Gasteiger partial charge in [-0.2, -0.15) is 5.10 Å². The van der Waals surface area contributed by atoms with Gasteiger partial charge in [0.2, 0.25) is 0 Å². The number of methoxy groups -OCH3 is 1. The van der Waals surface area contributed by atoms with Gasteiger partial charge in [-0.05, 0) is 38.0 Å². The largest absolute Gasteiger partial charge is 0.497 e. The van der Waals surface area contributed by atoms with E-state index in [1.807, 2.05) is 38.1 Å². The van der Waals surface area contributed by atoms with Gasteiger partial charge in [0, 0.05) is 18.3 Å². The molecule has 0 aliphatic carbocycles. The Kier molecular flexibility index (Phi) is 5.26. The van der Waals surface area contributed by atoms with Gasteiger partial charge in [-0.25, -0.2) is 9.69 Å². The topological polar surface area (TPSA) is 93.7 Å². The summed E-state index contributed by atoms with van der Waals surface area (Å²) in [6.07, 6.45) is 3.87. The van der Waals surface area contributed by atoms with Crippen LogP contribution < -0.4 is 9.64 Å². The van der Waals surface area contributed by atoms with Gasteiger partial charge in [0.25, 0.3) is 5.91 Å². The SMILES string of the molecule is COc1ccc(CCN2CC(=O)N(c3cnn(Cc4c(C)noc4C)c3)C2=O)cc1. The Bertz CT molecular complexity index is 1050. The first kappa shape index (κ1) is 19.7. The second-order valence-electron chi connectivity index (χ2n) is 7.23. The van der Waals surface area contributed by atoms with E-state index in [-0.39, 0.29) is 18.5 Å². The van der Waals surface area contributed by atoms with Crippen molar-refractivity contribution in [1.29, 1.82) is 0 Å². The van der Waals surface area contributed by atoms with Crippen molar-refractivity contribution in [2.75, 3.05) is 25.1 Å². The molecule has 9 nitrogen and oxygen atoms in total. The summed E-state index contributed by atoms with van der Waals surface area (Å²) in [5, 5.41) is 8.23. The Balaban J connectivity index is 1.42. The van der Waals surface area contributed by atoms with Crippen LogP contribution in [0.5, 0.6) is 5.75 Å². The first-order chi connectivity index (χ1) is 14.5. The Morgan fingerprint density at radius 1 is 1.17 bits per heavy atom. The maximum absolute atomic E-state index is 12.8. The van der Waals surface area contributed by atoms with E-state index in [1.54, 1.807) is 22.9 Å². The maximum atomic E-state index is 12.8. The van der Waals surface area contributed by atoms with Crippen LogP contribution in [0.2, 0.25) is 0 Å². The molecular formula is C21H23N5O4. The summed E-state index contributed by atoms with van der Waals surface area (Å²) in [5.74, 6) is 1.25. The van der Waals surface area contributed by atoms with Crippen molar-refractivity contribution in [3.8, 4) is 5.75 Å². The Hall–Kier alpha value is -3.62. The van der Waals surface area contributed by atoms with E-state index in [9.17, 15) is 9.59 Å². The van der Waals surface area contributed by atoms with E-state index in [1.165, 1.54) is 11.1 Å². The molecule has 0 saturated carbocycles. The Morgan fingerprint density at radius 3 is 2.60 bits per heavy atom. The molecular weight excluding hydrogens is 386 g/mol. The molecule has 2 aromatic heterocycles. The molecule has 1 aliphatic rings. The van der Waals surface area contributed by atoms with E-state index in [0.29, 0.717) is 25.2 Å². The van der Waals surface area contributed by atoms with Crippen molar-refractivity contribution >= 4 is 17.6 Å². The highest BCUT2D eigenvalue weighted by Crippen LogP contribution is 2.22. The lowest BCUT2D eigenvalue weighted by molar-refractivity contribution is -0.116. The fourth-order valence-electron chi connectivity index (χ4n) is 3.48. The van der Waals surface area contributed by atoms with Crippen LogP contribution in [0.3, 0.4) is 0 Å². The number of aromatic nitrogens is 3. The maximum Gasteiger partial charge on any atom is 0.331 e. The first-order valence-corrected chi connectivity index (χ1v) is 9.65. The lowest BCUT2D eigenvalue weighted by Crippen LogP contribution is -2.33. The van der Waals surface area contributed by atoms with Gasteiger partial charge in [0.1, 0.15) is 18.1 Å². The van der Waals surface area contributed by atoms with E-state index in [0.717, 1.165) is 28.3 Å². The molecule has 0 atom stereocenters. The average Bonchev–Trinajstić information content (AvgIpc) is 3.41. The van der Waals surface area contributed by atoms with Crippen LogP contribution in [0, 0.1) is 13.8 Å². The van der Waals surface area contributed by atoms with Gasteiger partial charge in [0.05, 0.1) is 31.2 Å². The van der Waals surface area contributed by atoms with Crippen molar-refractivity contribution < 1.29 is 18.8 Å². The summed E-state index contributed by atoms with van der Waals surface area (Å²) < 4.78 is 12.0. The molecule has 9 heteroatoms. The average molecular weight is 409 g/mol. The van der Waals surface area contributed by atoms with E-state index in [4.69, 9.17) is 9.26 Å². The lowest BCUT2D eigenvalue weighted by Gasteiger charge is -2.16. The fraction of sp³-hybridized carbons (Fsp3) is 0.333. The highest BCUT2D eigenvalue weighted by molar-refractivity contribution is 6.19. The summed E-state index contributed by atoms with van der Waals surface area (Å²) in [4.78, 5) is 28.1. The van der Waals surface area contributed by atoms with Gasteiger partial charge >= 0.3 is 6.03 Å². The van der Waals surface area contributed by atoms with Gasteiger partial charge < -0.3 is 14.2 Å². The van der Waals surface area contributed by atoms with Crippen molar-refractivity contribution in [1.82, 2.24) is 19.8 Å². The number of ether oxygens (including phenoxy) is 1. The molecule has 0 unspecified atom stereocenters. The molecule has 30 heavy (non-hydrogen) atoms. The third-order valence-electron chi connectivity index (χ3n) is 5.25. The summed E-state index contributed by atoms with van der Waals surface area (Å²) in [5.41, 5.74) is 3.26. The van der Waals surface area contributed by atoms with Gasteiger partial charge in [-0.15, -0.1) is 0 Å². The zero-order chi connectivity index (χ0) is 21.3. The van der Waals surface area contributed by atoms with Crippen LogP contribution in [0.25, 0.3) is 0 Å². The van der Waals surface area contributed by atoms with Crippen LogP contribution in [0.15, 0.2) is 41.2 Å². The zero-order valence-electron chi connectivity index (χ0n) is 17.2. The number of nitrogens with zero attached hydrogens (tertiary/aromatic N) is 5. The molecule has 3 heterocycles. The standard InChI is InChI=1S/C21H23N5O4/c1-14-19(15(2)30-23-14)12-25-11-17(10-22-25)26-20(27)13-24(21(26)28)9-8-16-4-6-18(29-3)7-5-16/h4-7,10-11H,8-9,12-13H2,1-3H3. The number of amides is 3. The van der Waals surface area contributed by atoms with E-state index >= 15 is 0 Å². The first-order valence-electron chi connectivity index (χ1n) is 9.65. The van der Waals surface area contributed by atoms with Gasteiger partial charge in [-0.1, -0.05) is 17.3 Å². The number of hydrogen-bond donors (Lipinski definition) is 0. The Labute approximate surface area is 173 Å². The summed E-state index contributed by atoms with van der Waals surface area (Å²) in [6, 6.07) is 7.35. The molecule has 156 valence electrons. The molecule has 0 radical (unpaired) electrons. The van der Waals surface area contributed by atoms with Crippen molar-refractivity contribution in [2.24, 2.45) is 0 Å². The molecule has 1 aromatic carbocycles. The quantitative estimate of drug-likeness (QED) is 0.557. The van der Waals surface area contributed by atoms with Crippen molar-refractivity contribution in [3.05, 3.63) is 59.2 Å². The van der Waals surface area contributed by atoms with Crippen LogP contribution in [-0.4, -0.2) is 52.0 Å². The zero-order valence-corrected chi connectivity index (χ0v) is 17.2. The highest BCUT2D eigenvalue weighted by atomic mass is 16.5. The van der Waals surface area contributed by atoms with Crippen molar-refractivity contribution in [3.63, 3.8) is 0 Å². The number of carbonyl (C=O) groups is 2. The number of hydrogen-bond acceptors (Lipinski definition) is 6. The molecule has 0 bridgehead atoms. The van der Waals surface area contributed by atoms with Crippen LogP contribution >= 0.6 is 0 Å². The Morgan fingerprint density at radius 2 is 1.93 bits per heavy atom. The number of urea groups is 1. The molecule has 4 rings (SSSR count). The van der Waals surface area contributed by atoms with E-state index < -0.39 is 0 Å². The summed E-state index contributed by atoms with van der Waals surface area (Å²) in [6.45, 7) is 4.68. The molecule has 1 fully saturated rings. The molecule has 1 aliphatic heterocycles. The number of aryl methyl sites for hydroxylation is 2. The second-order valence-corrected chi connectivity index (χ2v) is 7.23. The number of carbonyl (C=O) groups excluding carboxylic acids is 2. The van der Waals surface area contributed by atoms with Crippen LogP contribution in [0.4, 0.5) is 10.5 Å². The molecule has 1 saturated heterocycles. The molecule has 0 N–H and O–H groups in total. The number of imide groups is 1. The predicted octanol–water partition coefficient (Wildman–Crippen LogP) is 2.56. The minimum absolute atomic E-state index is 0.0596. The fourth-order valence-corrected chi connectivity index (χ4v) is 3.48. The van der Waals surface area contributed by atoms with Crippen molar-refractivity contribution in [2.45, 2.75) is 26.8 Å². The second kappa shape index (κ2) is 8.02. The summed E-state index contributed by atoms with van der Waals surface area (Å²) >= 11 is 0. The van der Waals surface area contributed by atoms with Gasteiger partial charge in [-0.3, -0.25) is 9.48 Å². The monoisotopic (exact) mass is 409 g/mol. The van der Waals surface area contributed by atoms with Crippen LogP contribution in [-0.2, 0) is 17.8 Å². The third-order valence-corrected chi connectivity index (χ3v) is 5.25. The number of rotatable bonds is 7. The number of benzene rings is 1. The smallest absolute Gasteiger partial charge is 0.331 e. The lowest BCUT2D eigenvalue weighted by atomic mass is 10.1. The van der Waals surface area contributed by atoms with E-state index in [2.05, 4.69) is 10.3 Å². The minimum Gasteiger partial charge on any atom is -0.497 e.